The zero-order valence-corrected chi connectivity index (χ0v) is 18.3. The van der Waals surface area contributed by atoms with Gasteiger partial charge in [0.2, 0.25) is 0 Å². The first-order valence-electron chi connectivity index (χ1n) is 9.78. The van der Waals surface area contributed by atoms with Gasteiger partial charge in [0, 0.05) is 29.7 Å². The molecule has 0 bridgehead atoms. The highest BCUT2D eigenvalue weighted by atomic mass is 32.2. The van der Waals surface area contributed by atoms with E-state index in [0.717, 1.165) is 11.1 Å². The number of carbonyl (C=O) groups is 2. The fourth-order valence-electron chi connectivity index (χ4n) is 3.19. The molecule has 0 spiro atoms. The average molecular weight is 452 g/mol. The lowest BCUT2D eigenvalue weighted by molar-refractivity contribution is -0.384. The van der Waals surface area contributed by atoms with Crippen LogP contribution in [-0.4, -0.2) is 30.2 Å². The number of aryl methyl sites for hydroxylation is 2. The van der Waals surface area contributed by atoms with Crippen LogP contribution in [0.1, 0.15) is 38.3 Å². The number of Topliss-reactive ketones (excluding diaryl/α,β-unsaturated/α-hetero) is 2. The van der Waals surface area contributed by atoms with E-state index < -0.39 is 38.0 Å². The van der Waals surface area contributed by atoms with Crippen molar-refractivity contribution < 1.29 is 22.9 Å². The Morgan fingerprint density at radius 2 is 1.28 bits per heavy atom. The van der Waals surface area contributed by atoms with E-state index in [0.29, 0.717) is 0 Å². The van der Waals surface area contributed by atoms with Crippen LogP contribution in [0.15, 0.2) is 77.7 Å². The first-order valence-corrected chi connectivity index (χ1v) is 11.3. The Bertz CT molecular complexity index is 1260. The van der Waals surface area contributed by atoms with Gasteiger partial charge in [-0.25, -0.2) is 8.42 Å². The largest absolute Gasteiger partial charge is 0.294 e. The minimum atomic E-state index is -4.18. The van der Waals surface area contributed by atoms with Gasteiger partial charge in [-0.05, 0) is 38.1 Å². The molecule has 0 radical (unpaired) electrons. The van der Waals surface area contributed by atoms with Gasteiger partial charge in [-0.1, -0.05) is 47.5 Å². The van der Waals surface area contributed by atoms with Crippen LogP contribution in [0, 0.1) is 24.0 Å². The van der Waals surface area contributed by atoms with E-state index in [1.165, 1.54) is 48.5 Å². The molecule has 0 heterocycles. The average Bonchev–Trinajstić information content (AvgIpc) is 2.77. The molecule has 3 rings (SSSR count). The number of sulfone groups is 1. The summed E-state index contributed by atoms with van der Waals surface area (Å²) in [6, 6.07) is 17.4. The minimum absolute atomic E-state index is 0.0509. The Balaban J connectivity index is 2.00. The molecular weight excluding hydrogens is 430 g/mol. The molecule has 164 valence electrons. The second-order valence-corrected chi connectivity index (χ2v) is 9.64. The van der Waals surface area contributed by atoms with Gasteiger partial charge in [-0.3, -0.25) is 19.7 Å². The number of rotatable bonds is 8. The molecule has 0 saturated carbocycles. The highest BCUT2D eigenvalue weighted by Gasteiger charge is 2.36. The highest BCUT2D eigenvalue weighted by Crippen LogP contribution is 2.25. The summed E-state index contributed by atoms with van der Waals surface area (Å²) in [7, 11) is -4.18. The number of hydrogen-bond donors (Lipinski definition) is 0. The normalized spacial score (nSPS) is 12.2. The van der Waals surface area contributed by atoms with Crippen LogP contribution >= 0.6 is 0 Å². The molecule has 0 amide bonds. The van der Waals surface area contributed by atoms with Gasteiger partial charge in [0.15, 0.2) is 21.4 Å². The summed E-state index contributed by atoms with van der Waals surface area (Å²) in [5.74, 6) is -1.28. The number of non-ortho nitro benzene ring substituents is 1. The standard InChI is InChI=1S/C24H21NO6S/c1-16-3-7-19(8-4-16)24(27)23(32(30,31)21-13-5-17(2)6-14-21)15-22(26)18-9-11-20(12-10-18)25(28)29/h3-14,23H,15H2,1-2H3/t23-/m1/s1. The van der Waals surface area contributed by atoms with E-state index in [-0.39, 0.29) is 21.7 Å². The van der Waals surface area contributed by atoms with Crippen LogP contribution in [0.2, 0.25) is 0 Å². The van der Waals surface area contributed by atoms with E-state index >= 15 is 0 Å². The molecular formula is C24H21NO6S. The summed E-state index contributed by atoms with van der Waals surface area (Å²) in [4.78, 5) is 36.3. The number of ketones is 2. The smallest absolute Gasteiger partial charge is 0.269 e. The van der Waals surface area contributed by atoms with Crippen molar-refractivity contribution in [1.82, 2.24) is 0 Å². The number of carbonyl (C=O) groups excluding carboxylic acids is 2. The zero-order valence-electron chi connectivity index (χ0n) is 17.5. The molecule has 3 aromatic rings. The van der Waals surface area contributed by atoms with Crippen LogP contribution in [-0.2, 0) is 9.84 Å². The lowest BCUT2D eigenvalue weighted by Crippen LogP contribution is -2.33. The Hall–Kier alpha value is -3.65. The van der Waals surface area contributed by atoms with Crippen LogP contribution in [0.4, 0.5) is 5.69 Å². The first kappa shape index (κ1) is 23.0. The topological polar surface area (TPSA) is 111 Å². The Morgan fingerprint density at radius 3 is 1.78 bits per heavy atom. The summed E-state index contributed by atoms with van der Waals surface area (Å²) in [5.41, 5.74) is 1.85. The Kier molecular flexibility index (Phi) is 6.64. The van der Waals surface area contributed by atoms with Gasteiger partial charge in [0.05, 0.1) is 9.82 Å². The third-order valence-electron chi connectivity index (χ3n) is 5.12. The molecule has 0 aliphatic rings. The number of nitrogens with zero attached hydrogens (tertiary/aromatic N) is 1. The molecule has 0 aromatic heterocycles. The quantitative estimate of drug-likeness (QED) is 0.283. The lowest BCUT2D eigenvalue weighted by Gasteiger charge is -2.17. The Morgan fingerprint density at radius 1 is 0.812 bits per heavy atom. The van der Waals surface area contributed by atoms with Crippen LogP contribution in [0.3, 0.4) is 0 Å². The van der Waals surface area contributed by atoms with Gasteiger partial charge in [-0.15, -0.1) is 0 Å². The molecule has 0 fully saturated rings. The first-order chi connectivity index (χ1) is 15.1. The molecule has 0 saturated heterocycles. The van der Waals surface area contributed by atoms with Crippen molar-refractivity contribution >= 4 is 27.1 Å². The molecule has 32 heavy (non-hydrogen) atoms. The van der Waals surface area contributed by atoms with E-state index in [1.807, 2.05) is 13.8 Å². The van der Waals surface area contributed by atoms with Crippen molar-refractivity contribution in [2.45, 2.75) is 30.4 Å². The summed E-state index contributed by atoms with van der Waals surface area (Å²) >= 11 is 0. The van der Waals surface area contributed by atoms with E-state index in [2.05, 4.69) is 0 Å². The second-order valence-electron chi connectivity index (χ2n) is 7.51. The molecule has 1 atom stereocenters. The summed E-state index contributed by atoms with van der Waals surface area (Å²) in [5, 5.41) is 9.21. The van der Waals surface area contributed by atoms with E-state index in [1.54, 1.807) is 24.3 Å². The van der Waals surface area contributed by atoms with Crippen LogP contribution in [0.5, 0.6) is 0 Å². The molecule has 0 N–H and O–H groups in total. The van der Waals surface area contributed by atoms with Crippen molar-refractivity contribution in [3.63, 3.8) is 0 Å². The molecule has 3 aromatic carbocycles. The lowest BCUT2D eigenvalue weighted by atomic mass is 10.0. The molecule has 8 heteroatoms. The van der Waals surface area contributed by atoms with Crippen molar-refractivity contribution in [1.29, 1.82) is 0 Å². The fraction of sp³-hybridized carbons (Fsp3) is 0.167. The minimum Gasteiger partial charge on any atom is -0.294 e. The zero-order chi connectivity index (χ0) is 23.5. The van der Waals surface area contributed by atoms with Gasteiger partial charge in [-0.2, -0.15) is 0 Å². The highest BCUT2D eigenvalue weighted by molar-refractivity contribution is 7.92. The van der Waals surface area contributed by atoms with Crippen molar-refractivity contribution in [2.75, 3.05) is 0 Å². The third kappa shape index (κ3) is 4.97. The summed E-state index contributed by atoms with van der Waals surface area (Å²) in [6.07, 6.45) is -0.583. The summed E-state index contributed by atoms with van der Waals surface area (Å²) < 4.78 is 26.7. The maximum Gasteiger partial charge on any atom is 0.269 e. The fourth-order valence-corrected chi connectivity index (χ4v) is 4.83. The van der Waals surface area contributed by atoms with E-state index in [4.69, 9.17) is 0 Å². The second kappa shape index (κ2) is 9.23. The van der Waals surface area contributed by atoms with Crippen molar-refractivity contribution in [2.24, 2.45) is 0 Å². The predicted molar refractivity (Wildman–Crippen MR) is 120 cm³/mol. The van der Waals surface area contributed by atoms with Gasteiger partial charge in [0.25, 0.3) is 5.69 Å². The van der Waals surface area contributed by atoms with Gasteiger partial charge < -0.3 is 0 Å². The SMILES string of the molecule is Cc1ccc(C(=O)[C@@H](CC(=O)c2ccc([N+](=O)[O-])cc2)S(=O)(=O)c2ccc(C)cc2)cc1. The number of nitro benzene ring substituents is 1. The molecule has 0 aliphatic heterocycles. The van der Waals surface area contributed by atoms with Gasteiger partial charge in [0.1, 0.15) is 5.25 Å². The van der Waals surface area contributed by atoms with E-state index in [9.17, 15) is 28.1 Å². The maximum absolute atomic E-state index is 13.4. The predicted octanol–water partition coefficient (Wildman–Crippen LogP) is 4.51. The number of hydrogen-bond acceptors (Lipinski definition) is 6. The number of nitro groups is 1. The summed E-state index contributed by atoms with van der Waals surface area (Å²) in [6.45, 7) is 3.65. The third-order valence-corrected chi connectivity index (χ3v) is 7.18. The molecule has 7 nitrogen and oxygen atoms in total. The van der Waals surface area contributed by atoms with Crippen molar-refractivity contribution in [3.05, 3.63) is 105 Å². The van der Waals surface area contributed by atoms with Crippen LogP contribution in [0.25, 0.3) is 0 Å². The molecule has 0 unspecified atom stereocenters. The Labute approximate surface area is 185 Å². The molecule has 0 aliphatic carbocycles. The van der Waals surface area contributed by atoms with Crippen LogP contribution < -0.4 is 0 Å². The van der Waals surface area contributed by atoms with Crippen molar-refractivity contribution in [3.8, 4) is 0 Å². The monoisotopic (exact) mass is 451 g/mol. The van der Waals surface area contributed by atoms with Gasteiger partial charge >= 0.3 is 0 Å². The number of benzene rings is 3. The maximum atomic E-state index is 13.4.